The molecule has 0 unspecified atom stereocenters. The number of nitrogens with zero attached hydrogens (tertiary/aromatic N) is 1. The van der Waals surface area contributed by atoms with Gasteiger partial charge in [0.05, 0.1) is 30.5 Å². The molecule has 0 saturated carbocycles. The predicted octanol–water partition coefficient (Wildman–Crippen LogP) is 3.78. The van der Waals surface area contributed by atoms with Gasteiger partial charge in [0, 0.05) is 11.8 Å². The molecule has 0 aliphatic rings. The normalized spacial score (nSPS) is 10.3. The number of esters is 1. The number of methoxy groups -OCH3 is 2. The van der Waals surface area contributed by atoms with Crippen molar-refractivity contribution in [2.24, 2.45) is 0 Å². The number of amides is 1. The van der Waals surface area contributed by atoms with E-state index in [1.807, 2.05) is 24.3 Å². The Morgan fingerprint density at radius 3 is 2.52 bits per heavy atom. The lowest BCUT2D eigenvalue weighted by Gasteiger charge is -2.08. The van der Waals surface area contributed by atoms with E-state index in [-0.39, 0.29) is 5.91 Å². The van der Waals surface area contributed by atoms with Crippen LogP contribution >= 0.6 is 11.3 Å². The number of anilines is 1. The monoisotopic (exact) mass is 382 g/mol. The minimum Gasteiger partial charge on any atom is -0.497 e. The third-order valence-corrected chi connectivity index (χ3v) is 4.73. The minimum absolute atomic E-state index is 0.294. The summed E-state index contributed by atoms with van der Waals surface area (Å²) >= 11 is 1.41. The number of hydrogen-bond donors (Lipinski definition) is 1. The average molecular weight is 382 g/mol. The third-order valence-electron chi connectivity index (χ3n) is 3.88. The maximum Gasteiger partial charge on any atom is 0.339 e. The second-order valence-electron chi connectivity index (χ2n) is 5.64. The second kappa shape index (κ2) is 8.46. The van der Waals surface area contributed by atoms with Crippen LogP contribution in [0.25, 0.3) is 0 Å². The van der Waals surface area contributed by atoms with E-state index >= 15 is 0 Å². The molecule has 0 bridgehead atoms. The molecule has 3 aromatic rings. The quantitative estimate of drug-likeness (QED) is 0.657. The van der Waals surface area contributed by atoms with Crippen LogP contribution in [0, 0.1) is 0 Å². The molecule has 6 nitrogen and oxygen atoms in total. The first kappa shape index (κ1) is 18.6. The number of aromatic nitrogens is 1. The Bertz CT molecular complexity index is 951. The summed E-state index contributed by atoms with van der Waals surface area (Å²) in [5, 5.41) is 5.25. The van der Waals surface area contributed by atoms with Crippen molar-refractivity contribution in [3.05, 3.63) is 75.7 Å². The van der Waals surface area contributed by atoms with Crippen molar-refractivity contribution in [2.75, 3.05) is 19.5 Å². The van der Waals surface area contributed by atoms with Crippen LogP contribution in [0.1, 0.15) is 31.4 Å². The molecular formula is C20H18N2O4S. The van der Waals surface area contributed by atoms with Crippen LogP contribution in [0.2, 0.25) is 0 Å². The van der Waals surface area contributed by atoms with Gasteiger partial charge in [0.2, 0.25) is 0 Å². The molecule has 0 fully saturated rings. The van der Waals surface area contributed by atoms with Gasteiger partial charge in [-0.05, 0) is 29.8 Å². The van der Waals surface area contributed by atoms with Crippen LogP contribution in [0.3, 0.4) is 0 Å². The smallest absolute Gasteiger partial charge is 0.339 e. The van der Waals surface area contributed by atoms with Crippen LogP contribution in [0.4, 0.5) is 5.69 Å². The van der Waals surface area contributed by atoms with Crippen molar-refractivity contribution in [3.63, 3.8) is 0 Å². The van der Waals surface area contributed by atoms with Gasteiger partial charge in [-0.25, -0.2) is 9.78 Å². The Kier molecular flexibility index (Phi) is 5.83. The molecule has 0 aliphatic heterocycles. The van der Waals surface area contributed by atoms with E-state index in [4.69, 9.17) is 9.47 Å². The molecule has 27 heavy (non-hydrogen) atoms. The van der Waals surface area contributed by atoms with Gasteiger partial charge in [0.25, 0.3) is 5.91 Å². The lowest BCUT2D eigenvalue weighted by atomic mass is 10.1. The molecule has 0 spiro atoms. The Hall–Kier alpha value is -3.19. The first-order valence-corrected chi connectivity index (χ1v) is 9.04. The van der Waals surface area contributed by atoms with Gasteiger partial charge in [-0.2, -0.15) is 0 Å². The zero-order valence-corrected chi connectivity index (χ0v) is 15.7. The standard InChI is InChI=1S/C20H18N2O4S/c1-25-14-9-7-13(8-10-14)11-18-21-17(12-27-18)19(23)22-16-6-4-3-5-15(16)20(24)26-2/h3-10,12H,11H2,1-2H3,(H,22,23). The summed E-state index contributed by atoms with van der Waals surface area (Å²) < 4.78 is 9.89. The van der Waals surface area contributed by atoms with E-state index in [2.05, 4.69) is 10.3 Å². The van der Waals surface area contributed by atoms with Gasteiger partial charge < -0.3 is 14.8 Å². The van der Waals surface area contributed by atoms with Crippen LogP contribution in [0.15, 0.2) is 53.9 Å². The number of benzene rings is 2. The predicted molar refractivity (Wildman–Crippen MR) is 104 cm³/mol. The Balaban J connectivity index is 1.71. The summed E-state index contributed by atoms with van der Waals surface area (Å²) in [6.45, 7) is 0. The molecule has 0 saturated heterocycles. The fourth-order valence-corrected chi connectivity index (χ4v) is 3.29. The lowest BCUT2D eigenvalue weighted by molar-refractivity contribution is 0.0602. The summed E-state index contributed by atoms with van der Waals surface area (Å²) in [6.07, 6.45) is 0.626. The molecule has 0 aliphatic carbocycles. The number of carbonyl (C=O) groups is 2. The lowest BCUT2D eigenvalue weighted by Crippen LogP contribution is -2.15. The maximum absolute atomic E-state index is 12.5. The maximum atomic E-state index is 12.5. The summed E-state index contributed by atoms with van der Waals surface area (Å²) in [4.78, 5) is 28.7. The molecule has 1 aromatic heterocycles. The zero-order valence-electron chi connectivity index (χ0n) is 14.9. The van der Waals surface area contributed by atoms with Crippen LogP contribution in [-0.2, 0) is 11.2 Å². The van der Waals surface area contributed by atoms with E-state index < -0.39 is 5.97 Å². The van der Waals surface area contributed by atoms with E-state index in [0.29, 0.717) is 23.4 Å². The van der Waals surface area contributed by atoms with Gasteiger partial charge >= 0.3 is 5.97 Å². The summed E-state index contributed by atoms with van der Waals surface area (Å²) in [6, 6.07) is 14.4. The van der Waals surface area contributed by atoms with Crippen molar-refractivity contribution in [1.82, 2.24) is 4.98 Å². The van der Waals surface area contributed by atoms with Gasteiger partial charge in [0.15, 0.2) is 0 Å². The third kappa shape index (κ3) is 4.51. The Labute approximate surface area is 160 Å². The fraction of sp³-hybridized carbons (Fsp3) is 0.150. The fourth-order valence-electron chi connectivity index (χ4n) is 2.48. The van der Waals surface area contributed by atoms with Crippen LogP contribution in [0.5, 0.6) is 5.75 Å². The number of carbonyl (C=O) groups excluding carboxylic acids is 2. The van der Waals surface area contributed by atoms with Crippen molar-refractivity contribution < 1.29 is 19.1 Å². The highest BCUT2D eigenvalue weighted by molar-refractivity contribution is 7.09. The largest absolute Gasteiger partial charge is 0.497 e. The van der Waals surface area contributed by atoms with Crippen molar-refractivity contribution in [1.29, 1.82) is 0 Å². The molecule has 138 valence electrons. The van der Waals surface area contributed by atoms with E-state index in [9.17, 15) is 9.59 Å². The molecule has 0 atom stereocenters. The number of hydrogen-bond acceptors (Lipinski definition) is 6. The molecule has 3 rings (SSSR count). The first-order chi connectivity index (χ1) is 13.1. The summed E-state index contributed by atoms with van der Waals surface area (Å²) in [5.41, 5.74) is 2.07. The molecule has 1 amide bonds. The van der Waals surface area contributed by atoms with Crippen molar-refractivity contribution in [3.8, 4) is 5.75 Å². The van der Waals surface area contributed by atoms with Gasteiger partial charge in [-0.3, -0.25) is 4.79 Å². The first-order valence-electron chi connectivity index (χ1n) is 8.16. The Morgan fingerprint density at radius 2 is 1.81 bits per heavy atom. The highest BCUT2D eigenvalue weighted by atomic mass is 32.1. The average Bonchev–Trinajstić information content (AvgIpc) is 3.17. The number of rotatable bonds is 6. The highest BCUT2D eigenvalue weighted by Crippen LogP contribution is 2.20. The SMILES string of the molecule is COC(=O)c1ccccc1NC(=O)c1csc(Cc2ccc(OC)cc2)n1. The highest BCUT2D eigenvalue weighted by Gasteiger charge is 2.16. The number of para-hydroxylation sites is 1. The number of thiazole rings is 1. The molecule has 2 aromatic carbocycles. The minimum atomic E-state index is -0.510. The number of nitrogens with one attached hydrogen (secondary N) is 1. The Morgan fingerprint density at radius 1 is 1.07 bits per heavy atom. The van der Waals surface area contributed by atoms with Gasteiger partial charge in [0.1, 0.15) is 11.4 Å². The topological polar surface area (TPSA) is 77.5 Å². The van der Waals surface area contributed by atoms with E-state index in [0.717, 1.165) is 16.3 Å². The zero-order chi connectivity index (χ0) is 19.2. The molecule has 0 radical (unpaired) electrons. The molecular weight excluding hydrogens is 364 g/mol. The molecule has 1 N–H and O–H groups in total. The molecule has 1 heterocycles. The number of ether oxygens (including phenoxy) is 2. The van der Waals surface area contributed by atoms with E-state index in [1.54, 1.807) is 36.8 Å². The van der Waals surface area contributed by atoms with Crippen LogP contribution in [-0.4, -0.2) is 31.1 Å². The summed E-state index contributed by atoms with van der Waals surface area (Å²) in [5.74, 6) is -0.0878. The van der Waals surface area contributed by atoms with E-state index in [1.165, 1.54) is 18.4 Å². The summed E-state index contributed by atoms with van der Waals surface area (Å²) in [7, 11) is 2.92. The van der Waals surface area contributed by atoms with Crippen molar-refractivity contribution in [2.45, 2.75) is 6.42 Å². The van der Waals surface area contributed by atoms with Crippen LogP contribution < -0.4 is 10.1 Å². The van der Waals surface area contributed by atoms with Gasteiger partial charge in [-0.1, -0.05) is 24.3 Å². The molecule has 7 heteroatoms. The van der Waals surface area contributed by atoms with Gasteiger partial charge in [-0.15, -0.1) is 11.3 Å². The second-order valence-corrected chi connectivity index (χ2v) is 6.59. The van der Waals surface area contributed by atoms with Crippen molar-refractivity contribution >= 4 is 28.9 Å².